The van der Waals surface area contributed by atoms with Gasteiger partial charge < -0.3 is 14.6 Å². The first-order chi connectivity index (χ1) is 12.5. The van der Waals surface area contributed by atoms with Crippen LogP contribution in [0.1, 0.15) is 54.7 Å². The van der Waals surface area contributed by atoms with Crippen molar-refractivity contribution < 1.29 is 14.4 Å². The number of ether oxygens (including phenoxy) is 1. The molecule has 1 aromatic heterocycles. The summed E-state index contributed by atoms with van der Waals surface area (Å²) in [6.45, 7) is 9.58. The van der Waals surface area contributed by atoms with Gasteiger partial charge in [-0.25, -0.2) is 4.79 Å². The van der Waals surface area contributed by atoms with E-state index >= 15 is 0 Å². The molecule has 1 aromatic carbocycles. The lowest BCUT2D eigenvalue weighted by Crippen LogP contribution is -3.12. The van der Waals surface area contributed by atoms with Crippen molar-refractivity contribution in [2.24, 2.45) is 5.92 Å². The largest absolute Gasteiger partial charge is 0.462 e. The van der Waals surface area contributed by atoms with Crippen LogP contribution in [0.15, 0.2) is 23.0 Å². The number of carbonyl (C=O) groups excluding carboxylic acids is 1. The van der Waals surface area contributed by atoms with Crippen molar-refractivity contribution in [1.82, 2.24) is 4.98 Å². The molecule has 1 fully saturated rings. The molecule has 3 rings (SSSR count). The summed E-state index contributed by atoms with van der Waals surface area (Å²) in [6.07, 6.45) is 3.21. The lowest BCUT2D eigenvalue weighted by molar-refractivity contribution is -0.919. The number of nitrogens with one attached hydrogen (secondary N) is 2. The number of carbonyl (C=O) groups is 1. The van der Waals surface area contributed by atoms with E-state index in [1.165, 1.54) is 17.7 Å². The summed E-state index contributed by atoms with van der Waals surface area (Å²) in [5.41, 5.74) is 3.00. The number of likely N-dealkylation sites (tertiary alicyclic amines) is 1. The lowest BCUT2D eigenvalue weighted by atomic mass is 9.98. The second-order valence-electron chi connectivity index (χ2n) is 7.56. The van der Waals surface area contributed by atoms with Gasteiger partial charge in [-0.15, -0.1) is 0 Å². The molecule has 0 spiro atoms. The summed E-state index contributed by atoms with van der Waals surface area (Å²) in [4.78, 5) is 30.0. The van der Waals surface area contributed by atoms with Gasteiger partial charge in [-0.3, -0.25) is 4.79 Å². The number of aryl methyl sites for hydroxylation is 1. The molecular formula is C21H29N2O3+. The average Bonchev–Trinajstić information content (AvgIpc) is 2.64. The summed E-state index contributed by atoms with van der Waals surface area (Å²) in [6, 6.07) is 5.18. The first-order valence-corrected chi connectivity index (χ1v) is 9.65. The minimum absolute atomic E-state index is 0.0347. The van der Waals surface area contributed by atoms with Crippen LogP contribution in [0.5, 0.6) is 0 Å². The van der Waals surface area contributed by atoms with E-state index in [1.807, 2.05) is 13.8 Å². The zero-order chi connectivity index (χ0) is 18.7. The third-order valence-corrected chi connectivity index (χ3v) is 5.39. The van der Waals surface area contributed by atoms with Gasteiger partial charge in [0.1, 0.15) is 6.54 Å². The van der Waals surface area contributed by atoms with Gasteiger partial charge in [-0.1, -0.05) is 13.8 Å². The molecule has 0 saturated carbocycles. The summed E-state index contributed by atoms with van der Waals surface area (Å²) in [5.74, 6) is 0.414. The summed E-state index contributed by atoms with van der Waals surface area (Å²) in [5, 5.41) is 0.571. The van der Waals surface area contributed by atoms with Gasteiger partial charge in [0, 0.05) is 16.6 Å². The zero-order valence-corrected chi connectivity index (χ0v) is 16.0. The van der Waals surface area contributed by atoms with Crippen molar-refractivity contribution in [3.63, 3.8) is 0 Å². The van der Waals surface area contributed by atoms with Crippen molar-refractivity contribution in [3.05, 3.63) is 45.2 Å². The maximum Gasteiger partial charge on any atom is 0.338 e. The highest BCUT2D eigenvalue weighted by molar-refractivity contribution is 5.94. The number of aromatic amines is 1. The number of piperidine rings is 1. The first kappa shape index (κ1) is 18.6. The van der Waals surface area contributed by atoms with Gasteiger partial charge in [0.25, 0.3) is 0 Å². The molecule has 2 heterocycles. The molecule has 26 heavy (non-hydrogen) atoms. The second kappa shape index (κ2) is 8.04. The predicted octanol–water partition coefficient (Wildman–Crippen LogP) is 2.22. The van der Waals surface area contributed by atoms with E-state index in [1.54, 1.807) is 18.2 Å². The SMILES string of the molecule is CCCOC(=O)c1ccc2[nH]c(C)c(C[NH+]3CCC(C)CC3)c(=O)c2c1. The summed E-state index contributed by atoms with van der Waals surface area (Å²) in [7, 11) is 0. The Kier molecular flexibility index (Phi) is 5.77. The molecule has 0 aliphatic carbocycles. The third kappa shape index (κ3) is 3.98. The van der Waals surface area contributed by atoms with Crippen LogP contribution in [0.2, 0.25) is 0 Å². The Balaban J connectivity index is 1.91. The Labute approximate surface area is 154 Å². The van der Waals surface area contributed by atoms with E-state index in [4.69, 9.17) is 4.74 Å². The van der Waals surface area contributed by atoms with Gasteiger partial charge in [0.05, 0.1) is 30.8 Å². The van der Waals surface area contributed by atoms with Crippen LogP contribution in [0, 0.1) is 12.8 Å². The van der Waals surface area contributed by atoms with Crippen LogP contribution in [0.3, 0.4) is 0 Å². The quantitative estimate of drug-likeness (QED) is 0.807. The molecule has 0 bridgehead atoms. The molecular weight excluding hydrogens is 328 g/mol. The Hall–Kier alpha value is -2.14. The zero-order valence-electron chi connectivity index (χ0n) is 16.0. The van der Waals surface area contributed by atoms with Gasteiger partial charge >= 0.3 is 5.97 Å². The molecule has 5 heteroatoms. The maximum absolute atomic E-state index is 13.1. The van der Waals surface area contributed by atoms with E-state index in [9.17, 15) is 9.59 Å². The Morgan fingerprint density at radius 3 is 2.73 bits per heavy atom. The van der Waals surface area contributed by atoms with Crippen LogP contribution in [0.4, 0.5) is 0 Å². The molecule has 0 radical (unpaired) electrons. The minimum Gasteiger partial charge on any atom is -0.462 e. The van der Waals surface area contributed by atoms with Gasteiger partial charge in [-0.05, 0) is 50.3 Å². The van der Waals surface area contributed by atoms with E-state index in [-0.39, 0.29) is 11.4 Å². The average molecular weight is 357 g/mol. The Morgan fingerprint density at radius 2 is 2.04 bits per heavy atom. The molecule has 2 aromatic rings. The van der Waals surface area contributed by atoms with Crippen molar-refractivity contribution in [2.45, 2.75) is 46.6 Å². The highest BCUT2D eigenvalue weighted by Gasteiger charge is 2.22. The maximum atomic E-state index is 13.1. The highest BCUT2D eigenvalue weighted by atomic mass is 16.5. The normalized spacial score (nSPS) is 20.3. The third-order valence-electron chi connectivity index (χ3n) is 5.39. The molecule has 1 aliphatic heterocycles. The fourth-order valence-corrected chi connectivity index (χ4v) is 3.67. The number of rotatable bonds is 5. The molecule has 5 nitrogen and oxygen atoms in total. The monoisotopic (exact) mass is 357 g/mol. The smallest absolute Gasteiger partial charge is 0.338 e. The van der Waals surface area contributed by atoms with Crippen LogP contribution in [-0.4, -0.2) is 30.6 Å². The number of quaternary nitrogens is 1. The van der Waals surface area contributed by atoms with E-state index in [0.717, 1.165) is 48.7 Å². The molecule has 140 valence electrons. The molecule has 1 saturated heterocycles. The van der Waals surface area contributed by atoms with Crippen molar-refractivity contribution >= 4 is 16.9 Å². The van der Waals surface area contributed by atoms with Gasteiger partial charge in [0.15, 0.2) is 5.43 Å². The van der Waals surface area contributed by atoms with Crippen LogP contribution in [-0.2, 0) is 11.3 Å². The van der Waals surface area contributed by atoms with Crippen molar-refractivity contribution in [2.75, 3.05) is 19.7 Å². The number of H-pyrrole nitrogens is 1. The fourth-order valence-electron chi connectivity index (χ4n) is 3.67. The van der Waals surface area contributed by atoms with Crippen LogP contribution < -0.4 is 10.3 Å². The van der Waals surface area contributed by atoms with E-state index in [2.05, 4.69) is 11.9 Å². The number of pyridine rings is 1. The number of hydrogen-bond donors (Lipinski definition) is 2. The van der Waals surface area contributed by atoms with E-state index in [0.29, 0.717) is 17.6 Å². The van der Waals surface area contributed by atoms with Crippen LogP contribution in [0.25, 0.3) is 10.9 Å². The van der Waals surface area contributed by atoms with E-state index < -0.39 is 0 Å². The second-order valence-corrected chi connectivity index (χ2v) is 7.56. The number of benzene rings is 1. The number of aromatic nitrogens is 1. The molecule has 0 unspecified atom stereocenters. The number of esters is 1. The Bertz CT molecular complexity index is 848. The van der Waals surface area contributed by atoms with Crippen LogP contribution >= 0.6 is 0 Å². The van der Waals surface area contributed by atoms with Crippen molar-refractivity contribution in [3.8, 4) is 0 Å². The standard InChI is InChI=1S/C21H28N2O3/c1-4-11-26-21(25)16-5-6-19-17(12-16)20(24)18(15(3)22-19)13-23-9-7-14(2)8-10-23/h5-6,12,14H,4,7-11,13H2,1-3H3,(H,22,24)/p+1. The fraction of sp³-hybridized carbons (Fsp3) is 0.524. The summed E-state index contributed by atoms with van der Waals surface area (Å²) >= 11 is 0. The molecule has 0 amide bonds. The van der Waals surface area contributed by atoms with Crippen molar-refractivity contribution in [1.29, 1.82) is 0 Å². The first-order valence-electron chi connectivity index (χ1n) is 9.65. The predicted molar refractivity (Wildman–Crippen MR) is 103 cm³/mol. The summed E-state index contributed by atoms with van der Waals surface area (Å²) < 4.78 is 5.20. The Morgan fingerprint density at radius 1 is 1.31 bits per heavy atom. The lowest BCUT2D eigenvalue weighted by Gasteiger charge is -2.27. The number of fused-ring (bicyclic) bond motifs is 1. The molecule has 0 atom stereocenters. The minimum atomic E-state index is -0.370. The highest BCUT2D eigenvalue weighted by Crippen LogP contribution is 2.15. The van der Waals surface area contributed by atoms with Gasteiger partial charge in [-0.2, -0.15) is 0 Å². The molecule has 1 aliphatic rings. The topological polar surface area (TPSA) is 63.6 Å². The number of hydrogen-bond acceptors (Lipinski definition) is 3. The molecule has 2 N–H and O–H groups in total. The van der Waals surface area contributed by atoms with Gasteiger partial charge in [0.2, 0.25) is 0 Å².